The van der Waals surface area contributed by atoms with Gasteiger partial charge in [-0.15, -0.1) is 0 Å². The summed E-state index contributed by atoms with van der Waals surface area (Å²) in [6.07, 6.45) is -1.38. The Kier molecular flexibility index (Phi) is 8.94. The third-order valence-corrected chi connectivity index (χ3v) is 4.31. The number of ether oxygens (including phenoxy) is 2. The van der Waals surface area contributed by atoms with Crippen molar-refractivity contribution >= 4 is 12.2 Å². The highest BCUT2D eigenvalue weighted by molar-refractivity contribution is 5.68. The Hall–Kier alpha value is -3.10. The van der Waals surface area contributed by atoms with E-state index in [-0.39, 0.29) is 26.3 Å². The standard InChI is InChI=1S/C21H26N2O6/c24-15-21(16-25,13-22-19(26)28-11-17-7-3-1-4-8-17)14-23-20(27)29-12-18-9-5-2-6-10-18/h1-10,24-25H,11-16H2,(H,22,26)(H,23,27). The van der Waals surface area contributed by atoms with Crippen molar-refractivity contribution < 1.29 is 29.3 Å². The molecule has 0 aliphatic heterocycles. The minimum absolute atomic E-state index is 0.0907. The van der Waals surface area contributed by atoms with E-state index in [0.29, 0.717) is 0 Å². The highest BCUT2D eigenvalue weighted by Crippen LogP contribution is 2.14. The van der Waals surface area contributed by atoms with Crippen molar-refractivity contribution in [2.24, 2.45) is 5.41 Å². The number of rotatable bonds is 10. The number of aliphatic hydroxyl groups excluding tert-OH is 2. The topological polar surface area (TPSA) is 117 Å². The molecule has 0 aromatic heterocycles. The first-order valence-electron chi connectivity index (χ1n) is 9.18. The summed E-state index contributed by atoms with van der Waals surface area (Å²) in [6.45, 7) is -0.897. The number of amides is 2. The zero-order chi connectivity index (χ0) is 21.0. The molecular formula is C21H26N2O6. The van der Waals surface area contributed by atoms with Gasteiger partial charge in [0.05, 0.1) is 18.6 Å². The summed E-state index contributed by atoms with van der Waals surface area (Å²) in [5.41, 5.74) is 0.513. The fourth-order valence-electron chi connectivity index (χ4n) is 2.40. The van der Waals surface area contributed by atoms with Crippen LogP contribution in [0, 0.1) is 5.41 Å². The zero-order valence-electron chi connectivity index (χ0n) is 16.0. The molecule has 0 spiro atoms. The van der Waals surface area contributed by atoms with Crippen molar-refractivity contribution in [3.8, 4) is 0 Å². The lowest BCUT2D eigenvalue weighted by Crippen LogP contribution is -2.50. The molecule has 2 amide bonds. The molecule has 0 fully saturated rings. The highest BCUT2D eigenvalue weighted by atomic mass is 16.6. The van der Waals surface area contributed by atoms with E-state index in [2.05, 4.69) is 10.6 Å². The average Bonchev–Trinajstić information content (AvgIpc) is 2.78. The van der Waals surface area contributed by atoms with E-state index in [1.54, 1.807) is 0 Å². The molecule has 0 atom stereocenters. The summed E-state index contributed by atoms with van der Waals surface area (Å²) in [6, 6.07) is 18.4. The third kappa shape index (κ3) is 7.81. The smallest absolute Gasteiger partial charge is 0.407 e. The van der Waals surface area contributed by atoms with Crippen molar-refractivity contribution in [2.75, 3.05) is 26.3 Å². The Balaban J connectivity index is 1.75. The summed E-state index contributed by atoms with van der Waals surface area (Å²) >= 11 is 0. The molecule has 0 aliphatic carbocycles. The van der Waals surface area contributed by atoms with Crippen LogP contribution in [-0.4, -0.2) is 48.7 Å². The van der Waals surface area contributed by atoms with Gasteiger partial charge in [0.2, 0.25) is 0 Å². The quantitative estimate of drug-likeness (QED) is 0.482. The Morgan fingerprint density at radius 3 is 1.45 bits per heavy atom. The van der Waals surface area contributed by atoms with Gasteiger partial charge in [-0.2, -0.15) is 0 Å². The molecule has 0 radical (unpaired) electrons. The minimum Gasteiger partial charge on any atom is -0.445 e. The van der Waals surface area contributed by atoms with Gasteiger partial charge >= 0.3 is 12.2 Å². The fourth-order valence-corrected chi connectivity index (χ4v) is 2.40. The molecule has 8 nitrogen and oxygen atoms in total. The van der Waals surface area contributed by atoms with Crippen molar-refractivity contribution in [3.05, 3.63) is 71.8 Å². The van der Waals surface area contributed by atoms with E-state index >= 15 is 0 Å². The van der Waals surface area contributed by atoms with Crippen LogP contribution in [0.1, 0.15) is 11.1 Å². The first-order valence-corrected chi connectivity index (χ1v) is 9.18. The van der Waals surface area contributed by atoms with Crippen LogP contribution >= 0.6 is 0 Å². The molecule has 0 aliphatic rings. The molecule has 2 rings (SSSR count). The van der Waals surface area contributed by atoms with E-state index in [1.165, 1.54) is 0 Å². The van der Waals surface area contributed by atoms with Gasteiger partial charge in [0.15, 0.2) is 0 Å². The summed E-state index contributed by atoms with van der Waals surface area (Å²) in [7, 11) is 0. The number of alkyl carbamates (subject to hydrolysis) is 2. The molecule has 2 aromatic carbocycles. The number of hydrogen-bond donors (Lipinski definition) is 4. The lowest BCUT2D eigenvalue weighted by Gasteiger charge is -2.29. The molecule has 0 unspecified atom stereocenters. The second-order valence-corrected chi connectivity index (χ2v) is 6.65. The van der Waals surface area contributed by atoms with Gasteiger partial charge in [0, 0.05) is 13.1 Å². The first kappa shape index (κ1) is 22.2. The Bertz CT molecular complexity index is 689. The van der Waals surface area contributed by atoms with Gasteiger partial charge < -0.3 is 30.3 Å². The van der Waals surface area contributed by atoms with Crippen LogP contribution < -0.4 is 10.6 Å². The summed E-state index contributed by atoms with van der Waals surface area (Å²) < 4.78 is 10.2. The Morgan fingerprint density at radius 2 is 1.10 bits per heavy atom. The molecule has 156 valence electrons. The lowest BCUT2D eigenvalue weighted by molar-refractivity contribution is 0.0495. The number of hydrogen-bond acceptors (Lipinski definition) is 6. The molecule has 0 bridgehead atoms. The van der Waals surface area contributed by atoms with Gasteiger partial charge in [-0.25, -0.2) is 9.59 Å². The maximum atomic E-state index is 11.9. The van der Waals surface area contributed by atoms with Crippen molar-refractivity contribution in [1.29, 1.82) is 0 Å². The van der Waals surface area contributed by atoms with Crippen LogP contribution in [0.3, 0.4) is 0 Å². The van der Waals surface area contributed by atoms with E-state index in [4.69, 9.17) is 9.47 Å². The van der Waals surface area contributed by atoms with E-state index in [1.807, 2.05) is 60.7 Å². The van der Waals surface area contributed by atoms with Crippen LogP contribution in [0.2, 0.25) is 0 Å². The molecule has 4 N–H and O–H groups in total. The molecular weight excluding hydrogens is 376 g/mol. The summed E-state index contributed by atoms with van der Waals surface area (Å²) in [5, 5.41) is 24.4. The molecule has 0 saturated carbocycles. The molecule has 2 aromatic rings. The third-order valence-electron chi connectivity index (χ3n) is 4.31. The number of carbonyl (C=O) groups excluding carboxylic acids is 2. The van der Waals surface area contributed by atoms with Crippen LogP contribution in [0.5, 0.6) is 0 Å². The normalized spacial score (nSPS) is 10.8. The predicted octanol–water partition coefficient (Wildman–Crippen LogP) is 1.81. The lowest BCUT2D eigenvalue weighted by atomic mass is 9.90. The average molecular weight is 402 g/mol. The first-order chi connectivity index (χ1) is 14.1. The van der Waals surface area contributed by atoms with Crippen LogP contribution in [-0.2, 0) is 22.7 Å². The molecule has 8 heteroatoms. The SMILES string of the molecule is O=C(NCC(CO)(CO)CNC(=O)OCc1ccccc1)OCc1ccccc1. The molecule has 0 saturated heterocycles. The zero-order valence-corrected chi connectivity index (χ0v) is 16.0. The summed E-state index contributed by atoms with van der Waals surface area (Å²) in [4.78, 5) is 23.8. The van der Waals surface area contributed by atoms with E-state index in [0.717, 1.165) is 11.1 Å². The van der Waals surface area contributed by atoms with Crippen molar-refractivity contribution in [3.63, 3.8) is 0 Å². The van der Waals surface area contributed by atoms with Gasteiger partial charge in [0.1, 0.15) is 13.2 Å². The van der Waals surface area contributed by atoms with Crippen LogP contribution in [0.4, 0.5) is 9.59 Å². The highest BCUT2D eigenvalue weighted by Gasteiger charge is 2.30. The van der Waals surface area contributed by atoms with Gasteiger partial charge in [-0.3, -0.25) is 0 Å². The number of carbonyl (C=O) groups is 2. The minimum atomic E-state index is -1.16. The van der Waals surface area contributed by atoms with Crippen molar-refractivity contribution in [2.45, 2.75) is 13.2 Å². The second-order valence-electron chi connectivity index (χ2n) is 6.65. The maximum absolute atomic E-state index is 11.9. The predicted molar refractivity (Wildman–Crippen MR) is 106 cm³/mol. The molecule has 29 heavy (non-hydrogen) atoms. The van der Waals surface area contributed by atoms with Crippen molar-refractivity contribution in [1.82, 2.24) is 10.6 Å². The van der Waals surface area contributed by atoms with Crippen LogP contribution in [0.15, 0.2) is 60.7 Å². The summed E-state index contributed by atoms with van der Waals surface area (Å²) in [5.74, 6) is 0. The van der Waals surface area contributed by atoms with Gasteiger partial charge in [-0.1, -0.05) is 60.7 Å². The largest absolute Gasteiger partial charge is 0.445 e. The Morgan fingerprint density at radius 1 is 0.724 bits per heavy atom. The number of benzene rings is 2. The monoisotopic (exact) mass is 402 g/mol. The number of nitrogens with one attached hydrogen (secondary N) is 2. The second kappa shape index (κ2) is 11.7. The van der Waals surface area contributed by atoms with E-state index in [9.17, 15) is 19.8 Å². The Labute approximate surface area is 169 Å². The van der Waals surface area contributed by atoms with Gasteiger partial charge in [0.25, 0.3) is 0 Å². The fraction of sp³-hybridized carbons (Fsp3) is 0.333. The number of aliphatic hydroxyl groups is 2. The maximum Gasteiger partial charge on any atom is 0.407 e. The van der Waals surface area contributed by atoms with Crippen LogP contribution in [0.25, 0.3) is 0 Å². The molecule has 0 heterocycles. The van der Waals surface area contributed by atoms with E-state index < -0.39 is 30.8 Å². The van der Waals surface area contributed by atoms with Gasteiger partial charge in [-0.05, 0) is 11.1 Å².